The lowest BCUT2D eigenvalue weighted by Gasteiger charge is -2.14. The third-order valence-corrected chi connectivity index (χ3v) is 4.65. The zero-order valence-electron chi connectivity index (χ0n) is 13.9. The predicted octanol–water partition coefficient (Wildman–Crippen LogP) is 1.29. The first kappa shape index (κ1) is 15.8. The molecule has 0 unspecified atom stereocenters. The maximum absolute atomic E-state index is 12.3. The topological polar surface area (TPSA) is 88.3 Å². The summed E-state index contributed by atoms with van der Waals surface area (Å²) in [5.74, 6) is 0.663. The van der Waals surface area contributed by atoms with Crippen molar-refractivity contribution in [3.8, 4) is 0 Å². The number of carbonyl (C=O) groups excluding carboxylic acids is 2. The van der Waals surface area contributed by atoms with Crippen LogP contribution in [0.15, 0.2) is 34.9 Å². The molecule has 1 aliphatic heterocycles. The average molecular weight is 340 g/mol. The number of likely N-dealkylation sites (tertiary alicyclic amines) is 1. The van der Waals surface area contributed by atoms with Crippen LogP contribution >= 0.6 is 0 Å². The van der Waals surface area contributed by atoms with Crippen molar-refractivity contribution >= 4 is 11.8 Å². The van der Waals surface area contributed by atoms with Gasteiger partial charge in [0.1, 0.15) is 0 Å². The van der Waals surface area contributed by atoms with Crippen molar-refractivity contribution in [1.82, 2.24) is 20.4 Å². The van der Waals surface area contributed by atoms with E-state index in [2.05, 4.69) is 15.5 Å². The number of hydrogen-bond donors (Lipinski definition) is 1. The SMILES string of the molecule is O=C(NCc1noc(Cc2ccccc2)n1)[C@@H]1CC(=O)N(C2CC2)C1. The van der Waals surface area contributed by atoms with Crippen LogP contribution in [0.2, 0.25) is 0 Å². The first-order valence-corrected chi connectivity index (χ1v) is 8.61. The molecule has 7 nitrogen and oxygen atoms in total. The van der Waals surface area contributed by atoms with E-state index in [9.17, 15) is 9.59 Å². The molecule has 2 heterocycles. The summed E-state index contributed by atoms with van der Waals surface area (Å²) in [5, 5.41) is 6.72. The molecule has 1 saturated carbocycles. The van der Waals surface area contributed by atoms with E-state index in [0.29, 0.717) is 37.1 Å². The Bertz CT molecular complexity index is 770. The van der Waals surface area contributed by atoms with Crippen molar-refractivity contribution in [3.63, 3.8) is 0 Å². The molecular weight excluding hydrogens is 320 g/mol. The molecule has 0 bridgehead atoms. The average Bonchev–Trinajstić information content (AvgIpc) is 3.25. The number of rotatable bonds is 6. The van der Waals surface area contributed by atoms with Crippen LogP contribution in [-0.4, -0.2) is 39.4 Å². The number of amides is 2. The van der Waals surface area contributed by atoms with E-state index in [-0.39, 0.29) is 24.3 Å². The third-order valence-electron chi connectivity index (χ3n) is 4.65. The second-order valence-electron chi connectivity index (χ2n) is 6.66. The fourth-order valence-corrected chi connectivity index (χ4v) is 3.16. The van der Waals surface area contributed by atoms with Crippen LogP contribution in [-0.2, 0) is 22.6 Å². The first-order chi connectivity index (χ1) is 12.2. The lowest BCUT2D eigenvalue weighted by Crippen LogP contribution is -2.33. The van der Waals surface area contributed by atoms with Gasteiger partial charge >= 0.3 is 0 Å². The number of aromatic nitrogens is 2. The van der Waals surface area contributed by atoms with Crippen LogP contribution in [0.5, 0.6) is 0 Å². The number of hydrogen-bond acceptors (Lipinski definition) is 5. The van der Waals surface area contributed by atoms with E-state index in [1.807, 2.05) is 35.2 Å². The Kier molecular flexibility index (Phi) is 4.21. The highest BCUT2D eigenvalue weighted by Gasteiger charge is 2.41. The monoisotopic (exact) mass is 340 g/mol. The van der Waals surface area contributed by atoms with E-state index in [1.54, 1.807) is 0 Å². The maximum Gasteiger partial charge on any atom is 0.231 e. The van der Waals surface area contributed by atoms with Gasteiger partial charge in [-0.15, -0.1) is 0 Å². The van der Waals surface area contributed by atoms with Gasteiger partial charge in [0.15, 0.2) is 5.82 Å². The molecule has 1 saturated heterocycles. The molecule has 130 valence electrons. The van der Waals surface area contributed by atoms with Crippen molar-refractivity contribution in [2.75, 3.05) is 6.54 Å². The van der Waals surface area contributed by atoms with Crippen LogP contribution in [0.25, 0.3) is 0 Å². The fourth-order valence-electron chi connectivity index (χ4n) is 3.16. The molecule has 2 aromatic rings. The second-order valence-corrected chi connectivity index (χ2v) is 6.66. The van der Waals surface area contributed by atoms with Gasteiger partial charge in [-0.2, -0.15) is 4.98 Å². The summed E-state index contributed by atoms with van der Waals surface area (Å²) in [6.07, 6.45) is 2.99. The Balaban J connectivity index is 1.28. The minimum atomic E-state index is -0.274. The highest BCUT2D eigenvalue weighted by molar-refractivity contribution is 5.89. The van der Waals surface area contributed by atoms with Gasteiger partial charge in [0, 0.05) is 19.0 Å². The van der Waals surface area contributed by atoms with Crippen molar-refractivity contribution in [2.24, 2.45) is 5.92 Å². The van der Waals surface area contributed by atoms with Crippen molar-refractivity contribution in [2.45, 2.75) is 38.3 Å². The number of benzene rings is 1. The molecule has 1 N–H and O–H groups in total. The molecule has 0 spiro atoms. The molecule has 1 atom stereocenters. The molecule has 0 radical (unpaired) electrons. The summed E-state index contributed by atoms with van der Waals surface area (Å²) in [6.45, 7) is 0.742. The van der Waals surface area contributed by atoms with Gasteiger partial charge in [-0.1, -0.05) is 35.5 Å². The molecule has 25 heavy (non-hydrogen) atoms. The number of carbonyl (C=O) groups is 2. The van der Waals surface area contributed by atoms with Gasteiger partial charge in [0.05, 0.1) is 18.9 Å². The van der Waals surface area contributed by atoms with Crippen molar-refractivity contribution < 1.29 is 14.1 Å². The van der Waals surface area contributed by atoms with Crippen LogP contribution in [0.1, 0.15) is 36.5 Å². The maximum atomic E-state index is 12.3. The largest absolute Gasteiger partial charge is 0.348 e. The van der Waals surface area contributed by atoms with Crippen LogP contribution in [0.3, 0.4) is 0 Å². The standard InChI is InChI=1S/C18H20N4O3/c23-17-9-13(11-22(17)14-6-7-14)18(24)19-10-15-20-16(25-21-15)8-12-4-2-1-3-5-12/h1-5,13-14H,6-11H2,(H,19,24)/t13-/m1/s1. The molecule has 2 amide bonds. The quantitative estimate of drug-likeness (QED) is 0.856. The van der Waals surface area contributed by atoms with Gasteiger partial charge in [0.25, 0.3) is 0 Å². The van der Waals surface area contributed by atoms with E-state index >= 15 is 0 Å². The predicted molar refractivity (Wildman–Crippen MR) is 88.2 cm³/mol. The molecule has 4 rings (SSSR count). The summed E-state index contributed by atoms with van der Waals surface area (Å²) in [5.41, 5.74) is 1.09. The molecule has 1 aromatic heterocycles. The lowest BCUT2D eigenvalue weighted by molar-refractivity contribution is -0.129. The summed E-state index contributed by atoms with van der Waals surface area (Å²) in [7, 11) is 0. The molecule has 1 aliphatic carbocycles. The van der Waals surface area contributed by atoms with Gasteiger partial charge in [-0.05, 0) is 18.4 Å². The minimum absolute atomic E-state index is 0.0901. The zero-order valence-corrected chi connectivity index (χ0v) is 13.9. The Hall–Kier alpha value is -2.70. The Morgan fingerprint density at radius 3 is 2.84 bits per heavy atom. The molecule has 2 fully saturated rings. The van der Waals surface area contributed by atoms with Crippen LogP contribution in [0, 0.1) is 5.92 Å². The zero-order chi connectivity index (χ0) is 17.2. The number of nitrogens with zero attached hydrogens (tertiary/aromatic N) is 3. The highest BCUT2D eigenvalue weighted by atomic mass is 16.5. The van der Waals surface area contributed by atoms with Gasteiger partial charge in [-0.25, -0.2) is 0 Å². The van der Waals surface area contributed by atoms with E-state index < -0.39 is 0 Å². The molecule has 7 heteroatoms. The van der Waals surface area contributed by atoms with E-state index in [0.717, 1.165) is 18.4 Å². The first-order valence-electron chi connectivity index (χ1n) is 8.61. The fraction of sp³-hybridized carbons (Fsp3) is 0.444. The molecule has 2 aliphatic rings. The smallest absolute Gasteiger partial charge is 0.231 e. The van der Waals surface area contributed by atoms with Crippen molar-refractivity contribution in [3.05, 3.63) is 47.6 Å². The second kappa shape index (κ2) is 6.66. The van der Waals surface area contributed by atoms with Crippen molar-refractivity contribution in [1.29, 1.82) is 0 Å². The van der Waals surface area contributed by atoms with Crippen LogP contribution < -0.4 is 5.32 Å². The summed E-state index contributed by atoms with van der Waals surface area (Å²) >= 11 is 0. The molecular formula is C18H20N4O3. The Morgan fingerprint density at radius 1 is 1.28 bits per heavy atom. The lowest BCUT2D eigenvalue weighted by atomic mass is 10.1. The Labute approximate surface area is 145 Å². The van der Waals surface area contributed by atoms with Crippen LogP contribution in [0.4, 0.5) is 0 Å². The normalized spacial score (nSPS) is 20.1. The molecule has 1 aromatic carbocycles. The van der Waals surface area contributed by atoms with E-state index in [4.69, 9.17) is 4.52 Å². The highest BCUT2D eigenvalue weighted by Crippen LogP contribution is 2.32. The van der Waals surface area contributed by atoms with Gasteiger partial charge < -0.3 is 14.7 Å². The Morgan fingerprint density at radius 2 is 2.08 bits per heavy atom. The van der Waals surface area contributed by atoms with E-state index in [1.165, 1.54) is 0 Å². The van der Waals surface area contributed by atoms with Gasteiger partial charge in [-0.3, -0.25) is 9.59 Å². The summed E-state index contributed by atoms with van der Waals surface area (Å²) in [6, 6.07) is 10.2. The summed E-state index contributed by atoms with van der Waals surface area (Å²) < 4.78 is 5.23. The van der Waals surface area contributed by atoms with Gasteiger partial charge in [0.2, 0.25) is 17.7 Å². The summed E-state index contributed by atoms with van der Waals surface area (Å²) in [4.78, 5) is 30.3. The third kappa shape index (κ3) is 3.70. The number of nitrogens with one attached hydrogen (secondary N) is 1. The minimum Gasteiger partial charge on any atom is -0.348 e.